The maximum Gasteiger partial charge on any atom is 0.338 e. The molecule has 0 amide bonds. The van der Waals surface area contributed by atoms with Crippen LogP contribution in [0.2, 0.25) is 0 Å². The van der Waals surface area contributed by atoms with Gasteiger partial charge in [-0.3, -0.25) is 4.79 Å². The molecule has 0 heterocycles. The number of nitrogens with zero attached hydrogens (tertiary/aromatic N) is 1. The summed E-state index contributed by atoms with van der Waals surface area (Å²) in [6, 6.07) is 6.99. The zero-order valence-electron chi connectivity index (χ0n) is 11.3. The molecule has 0 aromatic heterocycles. The van der Waals surface area contributed by atoms with E-state index in [1.165, 1.54) is 0 Å². The topological polar surface area (TPSA) is 66.8 Å². The summed E-state index contributed by atoms with van der Waals surface area (Å²) in [4.78, 5) is 24.0. The molecule has 1 aromatic carbocycles. The Balaban J connectivity index is 2.70. The van der Waals surface area contributed by atoms with Crippen molar-refractivity contribution < 1.29 is 19.4 Å². The average Bonchev–Trinajstić information content (AvgIpc) is 2.42. The van der Waals surface area contributed by atoms with E-state index in [1.54, 1.807) is 30.1 Å². The smallest absolute Gasteiger partial charge is 0.338 e. The van der Waals surface area contributed by atoms with Gasteiger partial charge in [0.2, 0.25) is 0 Å². The van der Waals surface area contributed by atoms with Gasteiger partial charge < -0.3 is 14.7 Å². The van der Waals surface area contributed by atoms with Crippen LogP contribution in [0, 0.1) is 0 Å². The highest BCUT2D eigenvalue weighted by Crippen LogP contribution is 2.16. The third-order valence-electron chi connectivity index (χ3n) is 2.62. The van der Waals surface area contributed by atoms with Crippen molar-refractivity contribution >= 4 is 17.6 Å². The van der Waals surface area contributed by atoms with Crippen LogP contribution in [-0.2, 0) is 9.53 Å². The molecule has 0 spiro atoms. The molecule has 0 saturated carbocycles. The van der Waals surface area contributed by atoms with Gasteiger partial charge in [-0.15, -0.1) is 0 Å². The SMILES string of the molecule is CCCOC(=O)c1cccc(N(C)CCC(=O)O)c1. The summed E-state index contributed by atoms with van der Waals surface area (Å²) in [5, 5.41) is 8.65. The van der Waals surface area contributed by atoms with Crippen molar-refractivity contribution in [1.82, 2.24) is 0 Å². The predicted molar refractivity (Wildman–Crippen MR) is 72.5 cm³/mol. The summed E-state index contributed by atoms with van der Waals surface area (Å²) < 4.78 is 5.06. The Kier molecular flexibility index (Phi) is 5.85. The van der Waals surface area contributed by atoms with Gasteiger partial charge in [0.25, 0.3) is 0 Å². The van der Waals surface area contributed by atoms with Gasteiger partial charge in [-0.1, -0.05) is 13.0 Å². The summed E-state index contributed by atoms with van der Waals surface area (Å²) in [5.74, 6) is -1.19. The van der Waals surface area contributed by atoms with Crippen molar-refractivity contribution in [2.45, 2.75) is 19.8 Å². The van der Waals surface area contributed by atoms with Gasteiger partial charge in [-0.05, 0) is 24.6 Å². The highest BCUT2D eigenvalue weighted by molar-refractivity contribution is 5.90. The zero-order valence-corrected chi connectivity index (χ0v) is 11.3. The molecule has 1 rings (SSSR count). The van der Waals surface area contributed by atoms with E-state index in [9.17, 15) is 9.59 Å². The number of aliphatic carboxylic acids is 1. The molecule has 0 saturated heterocycles. The first-order valence-electron chi connectivity index (χ1n) is 6.24. The number of anilines is 1. The summed E-state index contributed by atoms with van der Waals surface area (Å²) in [6.07, 6.45) is 0.838. The molecule has 0 aliphatic carbocycles. The molecule has 0 aliphatic rings. The molecular formula is C14H19NO4. The molecule has 104 valence electrons. The van der Waals surface area contributed by atoms with Crippen molar-refractivity contribution in [3.05, 3.63) is 29.8 Å². The average molecular weight is 265 g/mol. The van der Waals surface area contributed by atoms with Crippen LogP contribution in [0.4, 0.5) is 5.69 Å². The van der Waals surface area contributed by atoms with E-state index in [0.29, 0.717) is 18.7 Å². The lowest BCUT2D eigenvalue weighted by molar-refractivity contribution is -0.136. The Labute approximate surface area is 112 Å². The van der Waals surface area contributed by atoms with Crippen LogP contribution in [0.1, 0.15) is 30.1 Å². The van der Waals surface area contributed by atoms with Crippen LogP contribution in [0.5, 0.6) is 0 Å². The number of carboxylic acids is 1. The van der Waals surface area contributed by atoms with E-state index in [0.717, 1.165) is 12.1 Å². The predicted octanol–water partition coefficient (Wildman–Crippen LogP) is 2.16. The zero-order chi connectivity index (χ0) is 14.3. The Bertz CT molecular complexity index is 445. The van der Waals surface area contributed by atoms with Crippen LogP contribution in [0.25, 0.3) is 0 Å². The number of rotatable bonds is 7. The van der Waals surface area contributed by atoms with Crippen molar-refractivity contribution in [3.8, 4) is 0 Å². The largest absolute Gasteiger partial charge is 0.481 e. The quantitative estimate of drug-likeness (QED) is 0.765. The van der Waals surface area contributed by atoms with Gasteiger partial charge in [0.05, 0.1) is 18.6 Å². The minimum Gasteiger partial charge on any atom is -0.481 e. The summed E-state index contributed by atoms with van der Waals surface area (Å²) in [5.41, 5.74) is 1.28. The number of benzene rings is 1. The summed E-state index contributed by atoms with van der Waals surface area (Å²) >= 11 is 0. The lowest BCUT2D eigenvalue weighted by Gasteiger charge is -2.18. The first-order valence-corrected chi connectivity index (χ1v) is 6.24. The highest BCUT2D eigenvalue weighted by atomic mass is 16.5. The molecule has 0 unspecified atom stereocenters. The van der Waals surface area contributed by atoms with Crippen LogP contribution in [0.3, 0.4) is 0 Å². The fourth-order valence-electron chi connectivity index (χ4n) is 1.54. The van der Waals surface area contributed by atoms with Crippen molar-refractivity contribution in [2.75, 3.05) is 25.1 Å². The van der Waals surface area contributed by atoms with Gasteiger partial charge in [0.15, 0.2) is 0 Å². The molecule has 5 heteroatoms. The number of carbonyl (C=O) groups is 2. The minimum atomic E-state index is -0.842. The van der Waals surface area contributed by atoms with Crippen molar-refractivity contribution in [2.24, 2.45) is 0 Å². The number of hydrogen-bond donors (Lipinski definition) is 1. The maximum atomic E-state index is 11.7. The molecule has 0 aliphatic heterocycles. The standard InChI is InChI=1S/C14H19NO4/c1-3-9-19-14(18)11-5-4-6-12(10-11)15(2)8-7-13(16)17/h4-6,10H,3,7-9H2,1-2H3,(H,16,17). The monoisotopic (exact) mass is 265 g/mol. The second kappa shape index (κ2) is 7.41. The highest BCUT2D eigenvalue weighted by Gasteiger charge is 2.09. The second-order valence-corrected chi connectivity index (χ2v) is 4.25. The molecule has 0 fully saturated rings. The van der Waals surface area contributed by atoms with Crippen LogP contribution in [0.15, 0.2) is 24.3 Å². The molecule has 0 atom stereocenters. The molecule has 0 bridgehead atoms. The second-order valence-electron chi connectivity index (χ2n) is 4.25. The van der Waals surface area contributed by atoms with Crippen molar-refractivity contribution in [1.29, 1.82) is 0 Å². The van der Waals surface area contributed by atoms with Gasteiger partial charge in [-0.25, -0.2) is 4.79 Å². The lowest BCUT2D eigenvalue weighted by Crippen LogP contribution is -2.21. The fourth-order valence-corrected chi connectivity index (χ4v) is 1.54. The molecule has 0 radical (unpaired) electrons. The summed E-state index contributed by atoms with van der Waals surface area (Å²) in [6.45, 7) is 2.73. The first-order chi connectivity index (χ1) is 9.04. The van der Waals surface area contributed by atoms with Gasteiger partial charge >= 0.3 is 11.9 Å². The van der Waals surface area contributed by atoms with Gasteiger partial charge in [0.1, 0.15) is 0 Å². The molecule has 19 heavy (non-hydrogen) atoms. The van der Waals surface area contributed by atoms with Gasteiger partial charge in [0, 0.05) is 19.3 Å². The number of hydrogen-bond acceptors (Lipinski definition) is 4. The van der Waals surface area contributed by atoms with E-state index in [4.69, 9.17) is 9.84 Å². The number of carboxylic acid groups (broad SMARTS) is 1. The van der Waals surface area contributed by atoms with Crippen LogP contribution in [-0.4, -0.2) is 37.2 Å². The van der Waals surface area contributed by atoms with E-state index in [-0.39, 0.29) is 12.4 Å². The lowest BCUT2D eigenvalue weighted by atomic mass is 10.2. The Morgan fingerprint density at radius 3 is 2.74 bits per heavy atom. The van der Waals surface area contributed by atoms with Gasteiger partial charge in [-0.2, -0.15) is 0 Å². The number of esters is 1. The van der Waals surface area contributed by atoms with Crippen molar-refractivity contribution in [3.63, 3.8) is 0 Å². The third kappa shape index (κ3) is 4.99. The van der Waals surface area contributed by atoms with Crippen LogP contribution < -0.4 is 4.90 Å². The Hall–Kier alpha value is -2.04. The minimum absolute atomic E-state index is 0.0566. The van der Waals surface area contributed by atoms with E-state index >= 15 is 0 Å². The maximum absolute atomic E-state index is 11.7. The van der Waals surface area contributed by atoms with E-state index < -0.39 is 5.97 Å². The molecule has 1 N–H and O–H groups in total. The normalized spacial score (nSPS) is 10.0. The Morgan fingerprint density at radius 2 is 2.11 bits per heavy atom. The van der Waals surface area contributed by atoms with Crippen LogP contribution >= 0.6 is 0 Å². The third-order valence-corrected chi connectivity index (χ3v) is 2.62. The Morgan fingerprint density at radius 1 is 1.37 bits per heavy atom. The van der Waals surface area contributed by atoms with E-state index in [2.05, 4.69) is 0 Å². The van der Waals surface area contributed by atoms with E-state index in [1.807, 2.05) is 13.0 Å². The molecular weight excluding hydrogens is 246 g/mol. The number of carbonyl (C=O) groups excluding carboxylic acids is 1. The fraction of sp³-hybridized carbons (Fsp3) is 0.429. The number of ether oxygens (including phenoxy) is 1. The summed E-state index contributed by atoms with van der Waals surface area (Å²) in [7, 11) is 1.79. The molecule has 5 nitrogen and oxygen atoms in total. The molecule has 1 aromatic rings. The first kappa shape index (κ1) is 15.0.